The molecule has 1 aromatic heterocycles. The summed E-state index contributed by atoms with van der Waals surface area (Å²) in [6.45, 7) is 0.187. The highest BCUT2D eigenvalue weighted by Crippen LogP contribution is 2.28. The van der Waals surface area contributed by atoms with Gasteiger partial charge in [0.25, 0.3) is 5.91 Å². The first-order chi connectivity index (χ1) is 14.6. The molecule has 0 saturated carbocycles. The van der Waals surface area contributed by atoms with Gasteiger partial charge in [-0.2, -0.15) is 5.10 Å². The zero-order valence-corrected chi connectivity index (χ0v) is 16.1. The summed E-state index contributed by atoms with van der Waals surface area (Å²) in [7, 11) is 1.51. The number of carbonyl (C=O) groups is 2. The van der Waals surface area contributed by atoms with Gasteiger partial charge in [-0.3, -0.25) is 9.78 Å². The van der Waals surface area contributed by atoms with Gasteiger partial charge in [0.05, 0.1) is 18.9 Å². The second-order valence-corrected chi connectivity index (χ2v) is 6.14. The van der Waals surface area contributed by atoms with Gasteiger partial charge in [-0.1, -0.05) is 12.1 Å². The van der Waals surface area contributed by atoms with Crippen LogP contribution in [0.2, 0.25) is 0 Å². The van der Waals surface area contributed by atoms with Crippen molar-refractivity contribution in [2.45, 2.75) is 6.61 Å². The Balaban J connectivity index is 1.64. The molecule has 3 aromatic rings. The predicted molar refractivity (Wildman–Crippen MR) is 110 cm³/mol. The predicted octanol–water partition coefficient (Wildman–Crippen LogP) is 3.13. The molecule has 8 nitrogen and oxygen atoms in total. The van der Waals surface area contributed by atoms with Crippen LogP contribution >= 0.6 is 0 Å². The van der Waals surface area contributed by atoms with Crippen LogP contribution in [0.4, 0.5) is 0 Å². The number of nitrogens with zero attached hydrogens (tertiary/aromatic N) is 2. The van der Waals surface area contributed by atoms with E-state index in [1.807, 2.05) is 0 Å². The van der Waals surface area contributed by atoms with Gasteiger partial charge < -0.3 is 14.6 Å². The fourth-order valence-electron chi connectivity index (χ4n) is 2.57. The fraction of sp³-hybridized carbons (Fsp3) is 0.0909. The summed E-state index contributed by atoms with van der Waals surface area (Å²) in [4.78, 5) is 26.9. The van der Waals surface area contributed by atoms with Crippen LogP contribution in [0.25, 0.3) is 0 Å². The summed E-state index contributed by atoms with van der Waals surface area (Å²) in [6.07, 6.45) is 4.54. The second-order valence-electron chi connectivity index (χ2n) is 6.14. The lowest BCUT2D eigenvalue weighted by Gasteiger charge is -2.11. The number of nitrogens with one attached hydrogen (secondary N) is 1. The van der Waals surface area contributed by atoms with Gasteiger partial charge in [0.1, 0.15) is 6.61 Å². The minimum atomic E-state index is -0.992. The van der Waals surface area contributed by atoms with E-state index in [0.717, 1.165) is 5.56 Å². The maximum absolute atomic E-state index is 12.0. The van der Waals surface area contributed by atoms with E-state index >= 15 is 0 Å². The SMILES string of the molecule is COc1cc(/C=N/NC(=O)c2ccncc2)ccc1OCc1cccc(C(=O)O)c1. The van der Waals surface area contributed by atoms with Gasteiger partial charge in [-0.05, 0) is 53.6 Å². The summed E-state index contributed by atoms with van der Waals surface area (Å²) in [5.74, 6) is -0.358. The molecule has 2 aromatic carbocycles. The van der Waals surface area contributed by atoms with Crippen molar-refractivity contribution in [2.75, 3.05) is 7.11 Å². The van der Waals surface area contributed by atoms with Crippen molar-refractivity contribution >= 4 is 18.1 Å². The van der Waals surface area contributed by atoms with Crippen molar-refractivity contribution in [1.29, 1.82) is 0 Å². The lowest BCUT2D eigenvalue weighted by atomic mass is 10.1. The number of hydrogen-bond acceptors (Lipinski definition) is 6. The van der Waals surface area contributed by atoms with Crippen LogP contribution in [0.5, 0.6) is 11.5 Å². The van der Waals surface area contributed by atoms with E-state index in [1.54, 1.807) is 48.5 Å². The van der Waals surface area contributed by atoms with Crippen molar-refractivity contribution in [3.8, 4) is 11.5 Å². The molecule has 30 heavy (non-hydrogen) atoms. The molecule has 2 N–H and O–H groups in total. The van der Waals surface area contributed by atoms with E-state index in [-0.39, 0.29) is 18.1 Å². The zero-order chi connectivity index (χ0) is 21.3. The van der Waals surface area contributed by atoms with Gasteiger partial charge in [0.15, 0.2) is 11.5 Å². The minimum absolute atomic E-state index is 0.187. The summed E-state index contributed by atoms with van der Waals surface area (Å²) in [5.41, 5.74) is 4.51. The van der Waals surface area contributed by atoms with E-state index in [0.29, 0.717) is 22.6 Å². The maximum atomic E-state index is 12.0. The molecule has 1 heterocycles. The van der Waals surface area contributed by atoms with E-state index in [4.69, 9.17) is 14.6 Å². The molecule has 0 atom stereocenters. The molecule has 1 amide bonds. The lowest BCUT2D eigenvalue weighted by molar-refractivity contribution is 0.0696. The molecule has 0 radical (unpaired) electrons. The van der Waals surface area contributed by atoms with Crippen LogP contribution in [0, 0.1) is 0 Å². The number of hydrogen-bond donors (Lipinski definition) is 2. The molecule has 8 heteroatoms. The first-order valence-electron chi connectivity index (χ1n) is 8.93. The third-order valence-corrected chi connectivity index (χ3v) is 4.08. The number of aromatic carboxylic acids is 1. The van der Waals surface area contributed by atoms with Crippen molar-refractivity contribution in [3.05, 3.63) is 89.2 Å². The smallest absolute Gasteiger partial charge is 0.335 e. The number of carboxylic acid groups (broad SMARTS) is 1. The molecule has 0 aliphatic carbocycles. The first kappa shape index (κ1) is 20.5. The largest absolute Gasteiger partial charge is 0.493 e. The summed E-state index contributed by atoms with van der Waals surface area (Å²) < 4.78 is 11.1. The Morgan fingerprint density at radius 3 is 2.60 bits per heavy atom. The number of benzene rings is 2. The maximum Gasteiger partial charge on any atom is 0.335 e. The zero-order valence-electron chi connectivity index (χ0n) is 16.1. The molecule has 0 unspecified atom stereocenters. The number of methoxy groups -OCH3 is 1. The Bertz CT molecular complexity index is 1070. The second kappa shape index (κ2) is 9.83. The van der Waals surface area contributed by atoms with Gasteiger partial charge in [0, 0.05) is 18.0 Å². The molecule has 0 bridgehead atoms. The van der Waals surface area contributed by atoms with Crippen LogP contribution in [-0.4, -0.2) is 35.3 Å². The Kier molecular flexibility index (Phi) is 6.73. The highest BCUT2D eigenvalue weighted by atomic mass is 16.5. The van der Waals surface area contributed by atoms with E-state index in [2.05, 4.69) is 15.5 Å². The topological polar surface area (TPSA) is 110 Å². The van der Waals surface area contributed by atoms with Gasteiger partial charge in [0.2, 0.25) is 0 Å². The number of ether oxygens (including phenoxy) is 2. The number of hydrazone groups is 1. The molecular formula is C22H19N3O5. The van der Waals surface area contributed by atoms with Crippen LogP contribution in [0.1, 0.15) is 31.8 Å². The minimum Gasteiger partial charge on any atom is -0.493 e. The molecule has 0 aliphatic rings. The average Bonchev–Trinajstić information content (AvgIpc) is 2.78. The van der Waals surface area contributed by atoms with Crippen molar-refractivity contribution in [3.63, 3.8) is 0 Å². The Labute approximate surface area is 172 Å². The van der Waals surface area contributed by atoms with Gasteiger partial charge in [-0.15, -0.1) is 0 Å². The number of carbonyl (C=O) groups excluding carboxylic acids is 1. The average molecular weight is 405 g/mol. The van der Waals surface area contributed by atoms with Gasteiger partial charge in [-0.25, -0.2) is 10.2 Å². The fourth-order valence-corrected chi connectivity index (χ4v) is 2.57. The highest BCUT2D eigenvalue weighted by molar-refractivity contribution is 5.94. The molecule has 3 rings (SSSR count). The van der Waals surface area contributed by atoms with Crippen LogP contribution in [0.3, 0.4) is 0 Å². The monoisotopic (exact) mass is 405 g/mol. The normalized spacial score (nSPS) is 10.6. The lowest BCUT2D eigenvalue weighted by Crippen LogP contribution is -2.17. The number of carboxylic acids is 1. The number of amides is 1. The van der Waals surface area contributed by atoms with Crippen molar-refractivity contribution < 1.29 is 24.2 Å². The Hall–Kier alpha value is -4.20. The quantitative estimate of drug-likeness (QED) is 0.440. The van der Waals surface area contributed by atoms with E-state index in [1.165, 1.54) is 31.8 Å². The van der Waals surface area contributed by atoms with Crippen LogP contribution in [0.15, 0.2) is 72.1 Å². The third kappa shape index (κ3) is 5.41. The standard InChI is InChI=1S/C22H19N3O5/c1-29-20-12-15(13-24-25-21(26)17-7-9-23-10-8-17)5-6-19(20)30-14-16-3-2-4-18(11-16)22(27)28/h2-13H,14H2,1H3,(H,25,26)(H,27,28)/b24-13+. The Morgan fingerprint density at radius 2 is 1.87 bits per heavy atom. The molecule has 152 valence electrons. The van der Waals surface area contributed by atoms with Crippen LogP contribution < -0.4 is 14.9 Å². The van der Waals surface area contributed by atoms with Crippen molar-refractivity contribution in [1.82, 2.24) is 10.4 Å². The van der Waals surface area contributed by atoms with Gasteiger partial charge >= 0.3 is 5.97 Å². The number of rotatable bonds is 8. The van der Waals surface area contributed by atoms with Crippen LogP contribution in [-0.2, 0) is 6.61 Å². The summed E-state index contributed by atoms with van der Waals surface area (Å²) in [6, 6.07) is 14.9. The van der Waals surface area contributed by atoms with Crippen molar-refractivity contribution in [2.24, 2.45) is 5.10 Å². The van der Waals surface area contributed by atoms with E-state index < -0.39 is 5.97 Å². The summed E-state index contributed by atoms with van der Waals surface area (Å²) in [5, 5.41) is 13.0. The first-order valence-corrected chi connectivity index (χ1v) is 8.93. The number of aromatic nitrogens is 1. The Morgan fingerprint density at radius 1 is 1.07 bits per heavy atom. The molecule has 0 fully saturated rings. The summed E-state index contributed by atoms with van der Waals surface area (Å²) >= 11 is 0. The highest BCUT2D eigenvalue weighted by Gasteiger charge is 2.08. The molecule has 0 spiro atoms. The van der Waals surface area contributed by atoms with E-state index in [9.17, 15) is 9.59 Å². The number of pyridine rings is 1. The molecule has 0 saturated heterocycles. The molecule has 0 aliphatic heterocycles. The molecular weight excluding hydrogens is 386 g/mol. The third-order valence-electron chi connectivity index (χ3n) is 4.08.